The molecule has 27 heavy (non-hydrogen) atoms. The Balaban J connectivity index is 2.20. The quantitative estimate of drug-likeness (QED) is 0.699. The van der Waals surface area contributed by atoms with Crippen molar-refractivity contribution in [2.75, 3.05) is 13.1 Å². The van der Waals surface area contributed by atoms with Crippen LogP contribution in [-0.4, -0.2) is 46.4 Å². The number of aliphatic hydroxyl groups is 1. The summed E-state index contributed by atoms with van der Waals surface area (Å²) < 4.78 is 5.39. The minimum Gasteiger partial charge on any atom is -0.511 e. The first kappa shape index (κ1) is 21.2. The number of likely N-dealkylation sites (tertiary alicyclic amines) is 1. The summed E-state index contributed by atoms with van der Waals surface area (Å²) in [6.45, 7) is 13.0. The summed E-state index contributed by atoms with van der Waals surface area (Å²) >= 11 is 0. The van der Waals surface area contributed by atoms with Crippen LogP contribution in [0.4, 0.5) is 4.79 Å². The molecule has 1 heterocycles. The van der Waals surface area contributed by atoms with Crippen LogP contribution < -0.4 is 0 Å². The van der Waals surface area contributed by atoms with Crippen molar-refractivity contribution in [2.24, 2.45) is 10.8 Å². The Hall–Kier alpha value is -2.11. The molecule has 1 aliphatic carbocycles. The van der Waals surface area contributed by atoms with Gasteiger partial charge in [0.1, 0.15) is 11.4 Å². The summed E-state index contributed by atoms with van der Waals surface area (Å²) in [5, 5.41) is 10.6. The van der Waals surface area contributed by atoms with Crippen LogP contribution in [0.3, 0.4) is 0 Å². The molecule has 6 nitrogen and oxygen atoms in total. The van der Waals surface area contributed by atoms with E-state index in [1.54, 1.807) is 38.7 Å². The Kier molecular flexibility index (Phi) is 5.34. The van der Waals surface area contributed by atoms with Gasteiger partial charge in [0.15, 0.2) is 11.6 Å². The van der Waals surface area contributed by atoms with Crippen molar-refractivity contribution in [2.45, 2.75) is 66.9 Å². The van der Waals surface area contributed by atoms with Crippen LogP contribution in [-0.2, 0) is 14.3 Å². The maximum absolute atomic E-state index is 12.8. The minimum atomic E-state index is -1.17. The number of ether oxygens (including phenoxy) is 1. The number of ketones is 2. The van der Waals surface area contributed by atoms with Crippen molar-refractivity contribution in [3.05, 3.63) is 23.0 Å². The topological polar surface area (TPSA) is 83.9 Å². The third-order valence-electron chi connectivity index (χ3n) is 5.20. The highest BCUT2D eigenvalue weighted by Crippen LogP contribution is 2.43. The lowest BCUT2D eigenvalue weighted by molar-refractivity contribution is -0.144. The van der Waals surface area contributed by atoms with E-state index in [2.05, 4.69) is 0 Å². The molecular weight excluding hydrogens is 346 g/mol. The van der Waals surface area contributed by atoms with E-state index in [1.807, 2.05) is 20.8 Å². The van der Waals surface area contributed by atoms with Crippen LogP contribution in [0.15, 0.2) is 23.0 Å². The second-order valence-corrected chi connectivity index (χ2v) is 9.44. The third kappa shape index (κ3) is 4.09. The Morgan fingerprint density at radius 1 is 1.07 bits per heavy atom. The van der Waals surface area contributed by atoms with E-state index in [1.165, 1.54) is 0 Å². The molecule has 6 heteroatoms. The van der Waals surface area contributed by atoms with E-state index in [0.29, 0.717) is 25.9 Å². The lowest BCUT2D eigenvalue weighted by atomic mass is 9.63. The molecule has 0 radical (unpaired) electrons. The molecule has 0 saturated carbocycles. The monoisotopic (exact) mass is 377 g/mol. The summed E-state index contributed by atoms with van der Waals surface area (Å²) in [5.74, 6) is -0.801. The zero-order chi connectivity index (χ0) is 20.8. The maximum Gasteiger partial charge on any atom is 0.410 e. The molecule has 0 spiro atoms. The first-order valence-electron chi connectivity index (χ1n) is 9.38. The summed E-state index contributed by atoms with van der Waals surface area (Å²) in [7, 11) is 0. The summed E-state index contributed by atoms with van der Waals surface area (Å²) in [5.41, 5.74) is -1.61. The van der Waals surface area contributed by atoms with E-state index in [4.69, 9.17) is 4.74 Å². The summed E-state index contributed by atoms with van der Waals surface area (Å²) in [6.07, 6.45) is 2.56. The lowest BCUT2D eigenvalue weighted by Crippen LogP contribution is -2.48. The number of aliphatic hydroxyl groups excluding tert-OH is 1. The Morgan fingerprint density at radius 2 is 1.59 bits per heavy atom. The molecule has 0 bridgehead atoms. The second kappa shape index (κ2) is 6.80. The third-order valence-corrected chi connectivity index (χ3v) is 5.20. The number of amides is 1. The molecule has 0 aromatic carbocycles. The van der Waals surface area contributed by atoms with Gasteiger partial charge in [0.05, 0.1) is 16.4 Å². The predicted octanol–water partition coefficient (Wildman–Crippen LogP) is 3.96. The fraction of sp³-hybridized carbons (Fsp3) is 0.667. The predicted molar refractivity (Wildman–Crippen MR) is 102 cm³/mol. The molecule has 0 atom stereocenters. The van der Waals surface area contributed by atoms with Gasteiger partial charge in [-0.1, -0.05) is 5.57 Å². The number of rotatable bonds is 1. The van der Waals surface area contributed by atoms with Crippen LogP contribution >= 0.6 is 0 Å². The Morgan fingerprint density at radius 3 is 2.07 bits per heavy atom. The van der Waals surface area contributed by atoms with E-state index < -0.39 is 16.4 Å². The highest BCUT2D eigenvalue weighted by Gasteiger charge is 2.52. The van der Waals surface area contributed by atoms with Gasteiger partial charge in [-0.15, -0.1) is 0 Å². The van der Waals surface area contributed by atoms with Crippen LogP contribution in [0, 0.1) is 10.8 Å². The first-order valence-corrected chi connectivity index (χ1v) is 9.38. The summed E-state index contributed by atoms with van der Waals surface area (Å²) in [4.78, 5) is 39.2. The van der Waals surface area contributed by atoms with Crippen LogP contribution in [0.25, 0.3) is 0 Å². The highest BCUT2D eigenvalue weighted by molar-refractivity contribution is 6.20. The molecule has 0 aromatic heterocycles. The zero-order valence-electron chi connectivity index (χ0n) is 17.4. The molecule has 2 rings (SSSR count). The second-order valence-electron chi connectivity index (χ2n) is 9.44. The van der Waals surface area contributed by atoms with Gasteiger partial charge in [-0.25, -0.2) is 4.79 Å². The number of carbonyl (C=O) groups is 3. The van der Waals surface area contributed by atoms with Crippen molar-refractivity contribution < 1.29 is 24.2 Å². The van der Waals surface area contributed by atoms with E-state index in [-0.39, 0.29) is 29.0 Å². The molecule has 1 aliphatic heterocycles. The van der Waals surface area contributed by atoms with E-state index in [0.717, 1.165) is 5.57 Å². The number of hydrogen-bond acceptors (Lipinski definition) is 5. The fourth-order valence-corrected chi connectivity index (χ4v) is 3.56. The molecule has 1 N–H and O–H groups in total. The molecule has 1 saturated heterocycles. The fourth-order valence-electron chi connectivity index (χ4n) is 3.56. The van der Waals surface area contributed by atoms with Crippen LogP contribution in [0.5, 0.6) is 0 Å². The first-order chi connectivity index (χ1) is 12.2. The largest absolute Gasteiger partial charge is 0.511 e. The lowest BCUT2D eigenvalue weighted by Gasteiger charge is -2.38. The highest BCUT2D eigenvalue weighted by atomic mass is 16.6. The Bertz CT molecular complexity index is 724. The molecule has 1 fully saturated rings. The van der Waals surface area contributed by atoms with Gasteiger partial charge in [0.2, 0.25) is 0 Å². The zero-order valence-corrected chi connectivity index (χ0v) is 17.4. The number of Topliss-reactive ketones (excluding diaryl/α,β-unsaturated/α-hetero) is 2. The Labute approximate surface area is 161 Å². The van der Waals surface area contributed by atoms with Gasteiger partial charge in [0.25, 0.3) is 0 Å². The number of hydrogen-bond donors (Lipinski definition) is 1. The van der Waals surface area contributed by atoms with E-state index in [9.17, 15) is 19.5 Å². The molecule has 150 valence electrons. The van der Waals surface area contributed by atoms with Gasteiger partial charge in [0, 0.05) is 13.1 Å². The number of allylic oxidation sites excluding steroid dienone is 3. The molecular formula is C21H31NO5. The van der Waals surface area contributed by atoms with Crippen LogP contribution in [0.2, 0.25) is 0 Å². The van der Waals surface area contributed by atoms with Crippen LogP contribution in [0.1, 0.15) is 61.3 Å². The molecule has 0 aromatic rings. The van der Waals surface area contributed by atoms with Gasteiger partial charge in [-0.05, 0) is 67.4 Å². The van der Waals surface area contributed by atoms with Crippen molar-refractivity contribution in [3.8, 4) is 0 Å². The standard InChI is InChI=1S/C21H31NO5/c1-19(2,3)27-18(26)22-10-8-13(9-11-22)12-14-15(23)20(4,5)17(25)21(6,7)16(14)24/h12,23H,8-11H2,1-7H3. The number of carbonyl (C=O) groups excluding carboxylic acids is 3. The average molecular weight is 377 g/mol. The molecule has 1 amide bonds. The van der Waals surface area contributed by atoms with Crippen molar-refractivity contribution in [1.29, 1.82) is 0 Å². The van der Waals surface area contributed by atoms with Gasteiger partial charge in [-0.3, -0.25) is 9.59 Å². The molecule has 2 aliphatic rings. The number of piperidine rings is 1. The van der Waals surface area contributed by atoms with Crippen molar-refractivity contribution >= 4 is 17.7 Å². The van der Waals surface area contributed by atoms with Gasteiger partial charge < -0.3 is 14.7 Å². The average Bonchev–Trinajstić information content (AvgIpc) is 2.55. The SMILES string of the molecule is CC(C)(C)OC(=O)N1CCC(=CC2=C(O)C(C)(C)C(=O)C(C)(C)C2=O)CC1. The molecule has 0 unspecified atom stereocenters. The van der Waals surface area contributed by atoms with Crippen molar-refractivity contribution in [3.63, 3.8) is 0 Å². The van der Waals surface area contributed by atoms with E-state index >= 15 is 0 Å². The summed E-state index contributed by atoms with van der Waals surface area (Å²) in [6, 6.07) is 0. The van der Waals surface area contributed by atoms with Gasteiger partial charge >= 0.3 is 6.09 Å². The smallest absolute Gasteiger partial charge is 0.410 e. The minimum absolute atomic E-state index is 0.168. The number of nitrogens with zero attached hydrogens (tertiary/aromatic N) is 1. The van der Waals surface area contributed by atoms with Crippen molar-refractivity contribution in [1.82, 2.24) is 4.90 Å². The van der Waals surface area contributed by atoms with Gasteiger partial charge in [-0.2, -0.15) is 0 Å². The maximum atomic E-state index is 12.8. The normalized spacial score (nSPS) is 22.8.